The van der Waals surface area contributed by atoms with Crippen LogP contribution in [-0.4, -0.2) is 35.6 Å². The van der Waals surface area contributed by atoms with Crippen molar-refractivity contribution in [2.24, 2.45) is 0 Å². The second-order valence-electron chi connectivity index (χ2n) is 5.90. The second kappa shape index (κ2) is 19.9. The molecule has 0 saturated heterocycles. The van der Waals surface area contributed by atoms with Crippen LogP contribution in [-0.2, 0) is 4.74 Å². The van der Waals surface area contributed by atoms with E-state index in [9.17, 15) is 0 Å². The average Bonchev–Trinajstić information content (AvgIpc) is 2.48. The van der Waals surface area contributed by atoms with E-state index in [2.05, 4.69) is 27.7 Å². The summed E-state index contributed by atoms with van der Waals surface area (Å²) in [5, 5.41) is 15.2. The fraction of sp³-hybridized carbons (Fsp3) is 1.00. The van der Waals surface area contributed by atoms with Crippen LogP contribution in [0.1, 0.15) is 91.9 Å². The molecule has 0 aromatic carbocycles. The lowest BCUT2D eigenvalue weighted by Crippen LogP contribution is -2.17. The Balaban J connectivity index is 0. The lowest BCUT2D eigenvalue weighted by molar-refractivity contribution is -0.00229. The number of ether oxygens (including phenoxy) is 1. The van der Waals surface area contributed by atoms with Crippen molar-refractivity contribution in [3.8, 4) is 0 Å². The first-order chi connectivity index (χ1) is 10.1. The number of aliphatic hydroxyl groups excluding tert-OH is 2. The van der Waals surface area contributed by atoms with Crippen LogP contribution in [0.3, 0.4) is 0 Å². The molecule has 0 aromatic heterocycles. The van der Waals surface area contributed by atoms with Gasteiger partial charge in [-0.1, -0.05) is 65.2 Å². The molecule has 0 amide bonds. The third-order valence-electron chi connectivity index (χ3n) is 3.49. The normalized spacial score (nSPS) is 13.4. The molecule has 0 spiro atoms. The van der Waals surface area contributed by atoms with Gasteiger partial charge in [0.05, 0.1) is 25.4 Å². The largest absolute Gasteiger partial charge is 0.394 e. The molecule has 3 heteroatoms. The minimum Gasteiger partial charge on any atom is -0.394 e. The van der Waals surface area contributed by atoms with Gasteiger partial charge in [0.25, 0.3) is 0 Å². The van der Waals surface area contributed by atoms with E-state index in [4.69, 9.17) is 14.9 Å². The lowest BCUT2D eigenvalue weighted by Gasteiger charge is -2.19. The van der Waals surface area contributed by atoms with Crippen molar-refractivity contribution >= 4 is 0 Å². The van der Waals surface area contributed by atoms with Crippen molar-refractivity contribution in [2.45, 2.75) is 104 Å². The van der Waals surface area contributed by atoms with Crippen molar-refractivity contribution in [1.29, 1.82) is 0 Å². The van der Waals surface area contributed by atoms with Gasteiger partial charge < -0.3 is 14.9 Å². The Hall–Kier alpha value is -0.120. The average molecular weight is 305 g/mol. The first kappa shape index (κ1) is 23.2. The molecular formula is C18H40O3. The van der Waals surface area contributed by atoms with Crippen molar-refractivity contribution in [1.82, 2.24) is 0 Å². The van der Waals surface area contributed by atoms with Crippen molar-refractivity contribution in [3.05, 3.63) is 0 Å². The summed E-state index contributed by atoms with van der Waals surface area (Å²) in [6, 6.07) is 0. The standard InChI is InChI=1S/C16H34O.C2H6O2/c1-5-7-9-11-13-15(3)17-16(4)14-12-10-8-6-2;3-1-2-4/h15-16H,5-14H2,1-4H3;3-4H,1-2H2. The zero-order valence-corrected chi connectivity index (χ0v) is 14.9. The van der Waals surface area contributed by atoms with Crippen LogP contribution in [0.2, 0.25) is 0 Å². The van der Waals surface area contributed by atoms with Gasteiger partial charge in [0.1, 0.15) is 0 Å². The fourth-order valence-electron chi connectivity index (χ4n) is 2.25. The van der Waals surface area contributed by atoms with Gasteiger partial charge in [-0.15, -0.1) is 0 Å². The minimum absolute atomic E-state index is 0.125. The van der Waals surface area contributed by atoms with Crippen LogP contribution in [0.25, 0.3) is 0 Å². The highest BCUT2D eigenvalue weighted by Crippen LogP contribution is 2.13. The molecule has 21 heavy (non-hydrogen) atoms. The monoisotopic (exact) mass is 304 g/mol. The molecule has 0 fully saturated rings. The number of aliphatic hydroxyl groups is 2. The quantitative estimate of drug-likeness (QED) is 0.485. The van der Waals surface area contributed by atoms with Gasteiger partial charge in [0, 0.05) is 0 Å². The fourth-order valence-corrected chi connectivity index (χ4v) is 2.25. The first-order valence-electron chi connectivity index (χ1n) is 8.99. The van der Waals surface area contributed by atoms with E-state index in [-0.39, 0.29) is 13.2 Å². The van der Waals surface area contributed by atoms with Crippen LogP contribution < -0.4 is 0 Å². The van der Waals surface area contributed by atoms with E-state index in [1.165, 1.54) is 64.2 Å². The van der Waals surface area contributed by atoms with Gasteiger partial charge in [-0.3, -0.25) is 0 Å². The van der Waals surface area contributed by atoms with Gasteiger partial charge in [-0.2, -0.15) is 0 Å². The van der Waals surface area contributed by atoms with Gasteiger partial charge in [0.2, 0.25) is 0 Å². The Kier molecular flexibility index (Phi) is 21.9. The third-order valence-corrected chi connectivity index (χ3v) is 3.49. The summed E-state index contributed by atoms with van der Waals surface area (Å²) in [6.07, 6.45) is 14.2. The summed E-state index contributed by atoms with van der Waals surface area (Å²) in [4.78, 5) is 0. The molecule has 0 rings (SSSR count). The number of hydrogen-bond acceptors (Lipinski definition) is 3. The van der Waals surface area contributed by atoms with E-state index in [0.717, 1.165) is 0 Å². The number of rotatable bonds is 13. The zero-order valence-electron chi connectivity index (χ0n) is 14.9. The van der Waals surface area contributed by atoms with Gasteiger partial charge in [0.15, 0.2) is 0 Å². The topological polar surface area (TPSA) is 49.7 Å². The van der Waals surface area contributed by atoms with E-state index >= 15 is 0 Å². The predicted octanol–water partition coefficient (Wildman–Crippen LogP) is 4.69. The van der Waals surface area contributed by atoms with Gasteiger partial charge in [-0.05, 0) is 26.7 Å². The van der Waals surface area contributed by atoms with Gasteiger partial charge in [-0.25, -0.2) is 0 Å². The Morgan fingerprint density at radius 3 is 1.33 bits per heavy atom. The molecule has 0 radical (unpaired) electrons. The van der Waals surface area contributed by atoms with E-state index < -0.39 is 0 Å². The highest BCUT2D eigenvalue weighted by Gasteiger charge is 2.08. The molecule has 0 aromatic rings. The molecule has 0 saturated carbocycles. The third kappa shape index (κ3) is 22.3. The second-order valence-corrected chi connectivity index (χ2v) is 5.90. The molecule has 3 nitrogen and oxygen atoms in total. The Bertz CT molecular complexity index is 156. The van der Waals surface area contributed by atoms with Crippen molar-refractivity contribution in [2.75, 3.05) is 13.2 Å². The smallest absolute Gasteiger partial charge is 0.0662 e. The highest BCUT2D eigenvalue weighted by molar-refractivity contribution is 4.57. The summed E-state index contributed by atoms with van der Waals surface area (Å²) in [6.45, 7) is 8.74. The number of unbranched alkanes of at least 4 members (excludes halogenated alkanes) is 6. The first-order valence-corrected chi connectivity index (χ1v) is 8.99. The summed E-state index contributed by atoms with van der Waals surface area (Å²) < 4.78 is 6.01. The summed E-state index contributed by atoms with van der Waals surface area (Å²) in [7, 11) is 0. The van der Waals surface area contributed by atoms with E-state index in [1.807, 2.05) is 0 Å². The molecular weight excluding hydrogens is 264 g/mol. The minimum atomic E-state index is -0.125. The summed E-state index contributed by atoms with van der Waals surface area (Å²) >= 11 is 0. The maximum atomic E-state index is 7.62. The van der Waals surface area contributed by atoms with Crippen LogP contribution in [0.4, 0.5) is 0 Å². The molecule has 0 aliphatic heterocycles. The van der Waals surface area contributed by atoms with Crippen LogP contribution in [0.15, 0.2) is 0 Å². The highest BCUT2D eigenvalue weighted by atomic mass is 16.5. The molecule has 0 bridgehead atoms. The SMILES string of the molecule is CCCCCCC(C)OC(C)CCCCCC.OCCO. The van der Waals surface area contributed by atoms with Crippen LogP contribution in [0.5, 0.6) is 0 Å². The Labute approximate surface area is 133 Å². The Morgan fingerprint density at radius 1 is 0.667 bits per heavy atom. The number of hydrogen-bond donors (Lipinski definition) is 2. The molecule has 0 aliphatic rings. The molecule has 130 valence electrons. The van der Waals surface area contributed by atoms with Crippen LogP contribution >= 0.6 is 0 Å². The summed E-state index contributed by atoms with van der Waals surface area (Å²) in [5.74, 6) is 0. The van der Waals surface area contributed by atoms with Crippen molar-refractivity contribution < 1.29 is 14.9 Å². The molecule has 2 unspecified atom stereocenters. The zero-order chi connectivity index (χ0) is 16.3. The van der Waals surface area contributed by atoms with Gasteiger partial charge >= 0.3 is 0 Å². The molecule has 0 heterocycles. The molecule has 0 aliphatic carbocycles. The van der Waals surface area contributed by atoms with Crippen LogP contribution in [0, 0.1) is 0 Å². The Morgan fingerprint density at radius 2 is 1.05 bits per heavy atom. The predicted molar refractivity (Wildman–Crippen MR) is 91.7 cm³/mol. The lowest BCUT2D eigenvalue weighted by atomic mass is 10.1. The molecule has 2 atom stereocenters. The summed E-state index contributed by atoms with van der Waals surface area (Å²) in [5.41, 5.74) is 0. The maximum Gasteiger partial charge on any atom is 0.0662 e. The maximum absolute atomic E-state index is 7.62. The molecule has 2 N–H and O–H groups in total. The van der Waals surface area contributed by atoms with E-state index in [0.29, 0.717) is 12.2 Å². The van der Waals surface area contributed by atoms with Crippen molar-refractivity contribution in [3.63, 3.8) is 0 Å². The van der Waals surface area contributed by atoms with E-state index in [1.54, 1.807) is 0 Å².